The molecule has 0 radical (unpaired) electrons. The van der Waals surface area contributed by atoms with Crippen LogP contribution in [0.15, 0.2) is 34.1 Å². The summed E-state index contributed by atoms with van der Waals surface area (Å²) < 4.78 is 0. The monoisotopic (exact) mass is 324 g/mol. The minimum atomic E-state index is -0.146. The van der Waals surface area contributed by atoms with Crippen molar-refractivity contribution < 1.29 is 4.79 Å². The molecule has 0 unspecified atom stereocenters. The number of aryl methyl sites for hydroxylation is 2. The van der Waals surface area contributed by atoms with Crippen molar-refractivity contribution in [3.8, 4) is 0 Å². The van der Waals surface area contributed by atoms with Gasteiger partial charge in [-0.25, -0.2) is 4.98 Å². The molecule has 0 spiro atoms. The largest absolute Gasteiger partial charge is 0.311 e. The molecule has 0 saturated carbocycles. The van der Waals surface area contributed by atoms with E-state index in [-0.39, 0.29) is 17.9 Å². The Kier molecular flexibility index (Phi) is 4.55. The fourth-order valence-corrected chi connectivity index (χ4v) is 2.94. The van der Waals surface area contributed by atoms with Gasteiger partial charge in [-0.1, -0.05) is 19.1 Å². The maximum Gasteiger partial charge on any atom is 0.254 e. The molecule has 2 heterocycles. The minimum absolute atomic E-state index is 0.0179. The maximum atomic E-state index is 12.6. The lowest BCUT2D eigenvalue weighted by Crippen LogP contribution is -2.34. The van der Waals surface area contributed by atoms with Gasteiger partial charge in [0.1, 0.15) is 5.82 Å². The molecule has 1 amide bonds. The van der Waals surface area contributed by atoms with Crippen LogP contribution in [-0.4, -0.2) is 28.6 Å². The summed E-state index contributed by atoms with van der Waals surface area (Å²) >= 11 is 0. The number of carbonyl (C=O) groups is 1. The molecule has 24 heavy (non-hydrogen) atoms. The number of rotatable bonds is 4. The lowest BCUT2D eigenvalue weighted by atomic mass is 10.1. The molecule has 3 rings (SSSR count). The van der Waals surface area contributed by atoms with Crippen molar-refractivity contribution in [3.63, 3.8) is 0 Å². The Morgan fingerprint density at radius 3 is 2.92 bits per heavy atom. The topological polar surface area (TPSA) is 78.4 Å². The summed E-state index contributed by atoms with van der Waals surface area (Å²) in [6, 6.07) is 7.56. The third-order valence-corrected chi connectivity index (χ3v) is 4.11. The lowest BCUT2D eigenvalue weighted by molar-refractivity contribution is -0.118. The second-order valence-electron chi connectivity index (χ2n) is 5.73. The van der Waals surface area contributed by atoms with Crippen LogP contribution in [0.4, 0.5) is 11.4 Å². The summed E-state index contributed by atoms with van der Waals surface area (Å²) in [5.74, 6) is 0.587. The standard InChI is InChI=1S/C18H20N4O2/c1-3-14-13(18(24)21-12(2)20-14)8-9-17(23)22-11-10-19-15-6-4-5-7-16(15)22/h4-7,10H,3,8-9,11H2,1-2H3,(H,20,21,24). The van der Waals surface area contributed by atoms with E-state index in [1.165, 1.54) is 0 Å². The fraction of sp³-hybridized carbons (Fsp3) is 0.333. The van der Waals surface area contributed by atoms with E-state index in [0.29, 0.717) is 30.8 Å². The number of hydrogen-bond donors (Lipinski definition) is 1. The van der Waals surface area contributed by atoms with Gasteiger partial charge in [-0.05, 0) is 31.9 Å². The summed E-state index contributed by atoms with van der Waals surface area (Å²) in [7, 11) is 0. The van der Waals surface area contributed by atoms with E-state index in [9.17, 15) is 9.59 Å². The van der Waals surface area contributed by atoms with E-state index in [1.54, 1.807) is 18.0 Å². The van der Waals surface area contributed by atoms with Crippen LogP contribution >= 0.6 is 0 Å². The van der Waals surface area contributed by atoms with Gasteiger partial charge in [0.2, 0.25) is 5.91 Å². The SMILES string of the molecule is CCc1nc(C)[nH]c(=O)c1CCC(=O)N1CC=Nc2ccccc21. The molecular weight excluding hydrogens is 304 g/mol. The predicted molar refractivity (Wildman–Crippen MR) is 94.2 cm³/mol. The molecule has 6 heteroatoms. The van der Waals surface area contributed by atoms with Gasteiger partial charge < -0.3 is 9.88 Å². The number of benzene rings is 1. The Bertz CT molecular complexity index is 854. The Balaban J connectivity index is 1.78. The highest BCUT2D eigenvalue weighted by atomic mass is 16.2. The summed E-state index contributed by atoms with van der Waals surface area (Å²) in [5, 5.41) is 0. The van der Waals surface area contributed by atoms with E-state index in [1.807, 2.05) is 31.2 Å². The average Bonchev–Trinajstić information content (AvgIpc) is 2.59. The number of aliphatic imine (C=N–C) groups is 1. The van der Waals surface area contributed by atoms with Crippen molar-refractivity contribution in [1.82, 2.24) is 9.97 Å². The molecule has 1 aliphatic rings. The van der Waals surface area contributed by atoms with Crippen molar-refractivity contribution >= 4 is 23.5 Å². The van der Waals surface area contributed by atoms with Crippen LogP contribution in [0.3, 0.4) is 0 Å². The predicted octanol–water partition coefficient (Wildman–Crippen LogP) is 2.32. The van der Waals surface area contributed by atoms with Crippen LogP contribution in [0.5, 0.6) is 0 Å². The van der Waals surface area contributed by atoms with Gasteiger partial charge in [-0.3, -0.25) is 14.6 Å². The number of para-hydroxylation sites is 2. The molecule has 1 aromatic heterocycles. The van der Waals surface area contributed by atoms with Gasteiger partial charge in [0.25, 0.3) is 5.56 Å². The van der Waals surface area contributed by atoms with Gasteiger partial charge in [0.05, 0.1) is 23.6 Å². The first kappa shape index (κ1) is 16.1. The number of anilines is 1. The molecule has 0 atom stereocenters. The van der Waals surface area contributed by atoms with Gasteiger partial charge in [-0.2, -0.15) is 0 Å². The quantitative estimate of drug-likeness (QED) is 0.937. The molecule has 6 nitrogen and oxygen atoms in total. The van der Waals surface area contributed by atoms with Crippen molar-refractivity contribution in [2.75, 3.05) is 11.4 Å². The highest BCUT2D eigenvalue weighted by molar-refractivity contribution is 6.01. The Hall–Kier alpha value is -2.76. The number of hydrogen-bond acceptors (Lipinski definition) is 4. The third-order valence-electron chi connectivity index (χ3n) is 4.11. The summed E-state index contributed by atoms with van der Waals surface area (Å²) in [5.41, 5.74) is 2.84. The molecule has 2 aromatic rings. The smallest absolute Gasteiger partial charge is 0.254 e. The van der Waals surface area contributed by atoms with Crippen molar-refractivity contribution in [3.05, 3.63) is 51.7 Å². The van der Waals surface area contributed by atoms with Crippen LogP contribution in [0, 0.1) is 6.92 Å². The van der Waals surface area contributed by atoms with E-state index in [2.05, 4.69) is 15.0 Å². The first-order valence-electron chi connectivity index (χ1n) is 8.10. The molecule has 0 fully saturated rings. The molecule has 124 valence electrons. The van der Waals surface area contributed by atoms with Gasteiger partial charge in [0, 0.05) is 18.2 Å². The van der Waals surface area contributed by atoms with Gasteiger partial charge in [-0.15, -0.1) is 0 Å². The first-order chi connectivity index (χ1) is 11.6. The Morgan fingerprint density at radius 1 is 1.33 bits per heavy atom. The zero-order valence-corrected chi connectivity index (χ0v) is 13.9. The van der Waals surface area contributed by atoms with E-state index in [0.717, 1.165) is 17.1 Å². The number of carbonyl (C=O) groups excluding carboxylic acids is 1. The normalized spacial score (nSPS) is 13.0. The zero-order chi connectivity index (χ0) is 17.1. The molecule has 0 aliphatic carbocycles. The minimum Gasteiger partial charge on any atom is -0.311 e. The number of amides is 1. The molecule has 1 aromatic carbocycles. The number of aromatic amines is 1. The van der Waals surface area contributed by atoms with Crippen molar-refractivity contribution in [2.24, 2.45) is 4.99 Å². The van der Waals surface area contributed by atoms with E-state index < -0.39 is 0 Å². The second-order valence-corrected chi connectivity index (χ2v) is 5.73. The van der Waals surface area contributed by atoms with E-state index >= 15 is 0 Å². The molecule has 0 saturated heterocycles. The number of H-pyrrole nitrogens is 1. The van der Waals surface area contributed by atoms with Crippen LogP contribution in [0.2, 0.25) is 0 Å². The maximum absolute atomic E-state index is 12.6. The van der Waals surface area contributed by atoms with Crippen molar-refractivity contribution in [2.45, 2.75) is 33.1 Å². The third kappa shape index (κ3) is 3.13. The summed E-state index contributed by atoms with van der Waals surface area (Å²) in [6.45, 7) is 4.18. The van der Waals surface area contributed by atoms with E-state index in [4.69, 9.17) is 0 Å². The second kappa shape index (κ2) is 6.78. The van der Waals surface area contributed by atoms with Gasteiger partial charge in [0.15, 0.2) is 0 Å². The highest BCUT2D eigenvalue weighted by Gasteiger charge is 2.21. The molecule has 1 aliphatic heterocycles. The molecule has 0 bridgehead atoms. The van der Waals surface area contributed by atoms with Crippen LogP contribution in [-0.2, 0) is 17.6 Å². The number of nitrogens with one attached hydrogen (secondary N) is 1. The lowest BCUT2D eigenvalue weighted by Gasteiger charge is -2.25. The first-order valence-corrected chi connectivity index (χ1v) is 8.10. The molecular formula is C18H20N4O2. The Morgan fingerprint density at radius 2 is 2.12 bits per heavy atom. The Labute approximate surface area is 140 Å². The fourth-order valence-electron chi connectivity index (χ4n) is 2.94. The zero-order valence-electron chi connectivity index (χ0n) is 13.9. The molecule has 1 N–H and O–H groups in total. The number of aromatic nitrogens is 2. The number of nitrogens with zero attached hydrogens (tertiary/aromatic N) is 3. The summed E-state index contributed by atoms with van der Waals surface area (Å²) in [4.78, 5) is 37.9. The summed E-state index contributed by atoms with van der Waals surface area (Å²) in [6.07, 6.45) is 3.06. The van der Waals surface area contributed by atoms with Crippen LogP contribution < -0.4 is 10.5 Å². The number of fused-ring (bicyclic) bond motifs is 1. The van der Waals surface area contributed by atoms with Crippen LogP contribution in [0.1, 0.15) is 30.4 Å². The van der Waals surface area contributed by atoms with Gasteiger partial charge >= 0.3 is 0 Å². The van der Waals surface area contributed by atoms with Crippen molar-refractivity contribution in [1.29, 1.82) is 0 Å². The highest BCUT2D eigenvalue weighted by Crippen LogP contribution is 2.30. The van der Waals surface area contributed by atoms with Crippen LogP contribution in [0.25, 0.3) is 0 Å². The average molecular weight is 324 g/mol.